The van der Waals surface area contributed by atoms with Crippen molar-refractivity contribution in [2.24, 2.45) is 4.99 Å². The van der Waals surface area contributed by atoms with Crippen LogP contribution in [0.3, 0.4) is 0 Å². The number of benzene rings is 1. The highest BCUT2D eigenvalue weighted by Gasteiger charge is 2.44. The van der Waals surface area contributed by atoms with Crippen LogP contribution in [0.1, 0.15) is 39.2 Å². The molecule has 5 nitrogen and oxygen atoms in total. The first-order chi connectivity index (χ1) is 11.6. The van der Waals surface area contributed by atoms with E-state index in [0.717, 1.165) is 18.4 Å². The predicted octanol–water partition coefficient (Wildman–Crippen LogP) is 2.24. The van der Waals surface area contributed by atoms with Gasteiger partial charge in [0.2, 0.25) is 0 Å². The van der Waals surface area contributed by atoms with Crippen LogP contribution >= 0.6 is 0 Å². The smallest absolute Gasteiger partial charge is 0.191 e. The zero-order valence-electron chi connectivity index (χ0n) is 15.4. The number of nitrogens with zero attached hydrogens (tertiary/aromatic N) is 1. The maximum absolute atomic E-state index is 13.5. The second-order valence-corrected chi connectivity index (χ2v) is 10.4. The number of hydrogen-bond donors (Lipinski definition) is 2. The van der Waals surface area contributed by atoms with Crippen LogP contribution in [-0.2, 0) is 15.3 Å². The van der Waals surface area contributed by atoms with Crippen molar-refractivity contribution in [3.63, 3.8) is 0 Å². The van der Waals surface area contributed by atoms with Gasteiger partial charge in [-0.2, -0.15) is 0 Å². The van der Waals surface area contributed by atoms with Crippen LogP contribution in [0.5, 0.6) is 0 Å². The molecule has 1 fully saturated rings. The molecule has 2 N–H and O–H groups in total. The summed E-state index contributed by atoms with van der Waals surface area (Å²) in [6.45, 7) is 6.04. The quantitative estimate of drug-likeness (QED) is 0.596. The maximum Gasteiger partial charge on any atom is 0.191 e. The van der Waals surface area contributed by atoms with Gasteiger partial charge in [0, 0.05) is 25.6 Å². The van der Waals surface area contributed by atoms with Gasteiger partial charge in [-0.05, 0) is 51.3 Å². The Labute approximate surface area is 150 Å². The lowest BCUT2D eigenvalue weighted by Gasteiger charge is -2.21. The van der Waals surface area contributed by atoms with E-state index in [-0.39, 0.29) is 17.0 Å². The molecule has 1 aliphatic carbocycles. The number of hydrogen-bond acceptors (Lipinski definition) is 3. The lowest BCUT2D eigenvalue weighted by atomic mass is 9.96. The topological polar surface area (TPSA) is 70.6 Å². The van der Waals surface area contributed by atoms with Gasteiger partial charge in [-0.25, -0.2) is 12.8 Å². The minimum Gasteiger partial charge on any atom is -0.356 e. The molecular formula is C18H28FN3O2S. The van der Waals surface area contributed by atoms with Gasteiger partial charge in [-0.1, -0.05) is 12.1 Å². The zero-order valence-corrected chi connectivity index (χ0v) is 16.2. The molecule has 1 saturated carbocycles. The van der Waals surface area contributed by atoms with Gasteiger partial charge in [0.25, 0.3) is 0 Å². The van der Waals surface area contributed by atoms with Crippen LogP contribution in [0.4, 0.5) is 4.39 Å². The molecule has 1 aliphatic rings. The van der Waals surface area contributed by atoms with Crippen molar-refractivity contribution in [3.05, 3.63) is 35.6 Å². The Bertz CT molecular complexity index is 735. The van der Waals surface area contributed by atoms with Crippen molar-refractivity contribution in [1.29, 1.82) is 0 Å². The number of aliphatic imine (C=N–C) groups is 1. The van der Waals surface area contributed by atoms with Gasteiger partial charge in [0.1, 0.15) is 5.82 Å². The third kappa shape index (κ3) is 4.93. The summed E-state index contributed by atoms with van der Waals surface area (Å²) in [4.78, 5) is 4.14. The summed E-state index contributed by atoms with van der Waals surface area (Å²) in [5, 5.41) is 6.28. The fourth-order valence-electron chi connectivity index (χ4n) is 2.62. The van der Waals surface area contributed by atoms with Gasteiger partial charge in [0.15, 0.2) is 15.8 Å². The Balaban J connectivity index is 1.87. The van der Waals surface area contributed by atoms with Gasteiger partial charge >= 0.3 is 0 Å². The minimum absolute atomic E-state index is 0.0479. The Morgan fingerprint density at radius 3 is 2.48 bits per heavy atom. The molecule has 0 saturated heterocycles. The number of guanidine groups is 1. The first kappa shape index (κ1) is 19.7. The summed E-state index contributed by atoms with van der Waals surface area (Å²) in [6, 6.07) is 6.71. The van der Waals surface area contributed by atoms with E-state index in [1.165, 1.54) is 6.07 Å². The maximum atomic E-state index is 13.5. The third-order valence-corrected chi connectivity index (χ3v) is 7.31. The molecule has 1 aromatic carbocycles. The highest BCUT2D eigenvalue weighted by Crippen LogP contribution is 2.47. The normalized spacial score (nSPS) is 17.2. The number of rotatable bonds is 6. The van der Waals surface area contributed by atoms with Crippen LogP contribution in [0.2, 0.25) is 0 Å². The van der Waals surface area contributed by atoms with Crippen LogP contribution in [-0.4, -0.2) is 45.0 Å². The van der Waals surface area contributed by atoms with Crippen molar-refractivity contribution < 1.29 is 12.8 Å². The van der Waals surface area contributed by atoms with E-state index in [4.69, 9.17) is 0 Å². The Morgan fingerprint density at radius 2 is 1.96 bits per heavy atom. The molecule has 0 bridgehead atoms. The van der Waals surface area contributed by atoms with Gasteiger partial charge in [0.05, 0.1) is 10.5 Å². The summed E-state index contributed by atoms with van der Waals surface area (Å²) in [5.41, 5.74) is 0.933. The lowest BCUT2D eigenvalue weighted by molar-refractivity contribution is 0.558. The highest BCUT2D eigenvalue weighted by atomic mass is 32.2. The molecule has 0 aromatic heterocycles. The molecule has 0 aliphatic heterocycles. The average Bonchev–Trinajstić information content (AvgIpc) is 3.30. The van der Waals surface area contributed by atoms with Crippen molar-refractivity contribution in [2.45, 2.75) is 43.8 Å². The minimum atomic E-state index is -3.17. The number of sulfone groups is 1. The molecule has 25 heavy (non-hydrogen) atoms. The summed E-state index contributed by atoms with van der Waals surface area (Å²) in [6.07, 6.45) is 2.00. The van der Waals surface area contributed by atoms with Gasteiger partial charge in [-0.3, -0.25) is 4.99 Å². The SMILES string of the molecule is CN=C(NCCS(=O)(=O)C(C)(C)C)NCC1(c2cccc(F)c2)CC1. The molecular weight excluding hydrogens is 341 g/mol. The molecule has 0 unspecified atom stereocenters. The van der Waals surface area contributed by atoms with E-state index >= 15 is 0 Å². The van der Waals surface area contributed by atoms with E-state index in [9.17, 15) is 12.8 Å². The second kappa shape index (κ2) is 7.32. The third-order valence-electron chi connectivity index (χ3n) is 4.70. The molecule has 0 spiro atoms. The van der Waals surface area contributed by atoms with E-state index in [1.54, 1.807) is 40.0 Å². The van der Waals surface area contributed by atoms with Crippen molar-refractivity contribution in [2.75, 3.05) is 25.9 Å². The standard InChI is InChI=1S/C18H28FN3O2S/c1-17(2,3)25(23,24)11-10-21-16(20-4)22-13-18(8-9-18)14-6-5-7-15(19)12-14/h5-7,12H,8-11,13H2,1-4H3,(H2,20,21,22). The van der Waals surface area contributed by atoms with Crippen LogP contribution in [0, 0.1) is 5.82 Å². The number of nitrogens with one attached hydrogen (secondary N) is 2. The molecule has 2 rings (SSSR count). The Hall–Kier alpha value is -1.63. The largest absolute Gasteiger partial charge is 0.356 e. The molecule has 1 aromatic rings. The van der Waals surface area contributed by atoms with Crippen LogP contribution < -0.4 is 10.6 Å². The molecule has 0 atom stereocenters. The van der Waals surface area contributed by atoms with Gasteiger partial charge < -0.3 is 10.6 Å². The zero-order chi connectivity index (χ0) is 18.7. The van der Waals surface area contributed by atoms with E-state index < -0.39 is 14.6 Å². The summed E-state index contributed by atoms with van der Waals surface area (Å²) < 4.78 is 36.9. The highest BCUT2D eigenvalue weighted by molar-refractivity contribution is 7.92. The molecule has 0 amide bonds. The molecule has 0 radical (unpaired) electrons. The lowest BCUT2D eigenvalue weighted by Crippen LogP contribution is -2.44. The van der Waals surface area contributed by atoms with E-state index in [1.807, 2.05) is 6.07 Å². The average molecular weight is 370 g/mol. The molecule has 140 valence electrons. The fraction of sp³-hybridized carbons (Fsp3) is 0.611. The summed E-state index contributed by atoms with van der Waals surface area (Å²) in [7, 11) is -1.52. The Morgan fingerprint density at radius 1 is 1.28 bits per heavy atom. The monoisotopic (exact) mass is 369 g/mol. The van der Waals surface area contributed by atoms with E-state index in [0.29, 0.717) is 19.0 Å². The summed E-state index contributed by atoms with van der Waals surface area (Å²) >= 11 is 0. The number of halogens is 1. The predicted molar refractivity (Wildman–Crippen MR) is 100 cm³/mol. The van der Waals surface area contributed by atoms with Gasteiger partial charge in [-0.15, -0.1) is 0 Å². The molecule has 7 heteroatoms. The summed E-state index contributed by atoms with van der Waals surface area (Å²) in [5.74, 6) is 0.386. The van der Waals surface area contributed by atoms with Crippen LogP contribution in [0.15, 0.2) is 29.3 Å². The second-order valence-electron chi connectivity index (χ2n) is 7.57. The first-order valence-corrected chi connectivity index (χ1v) is 10.2. The fourth-order valence-corrected chi connectivity index (χ4v) is 3.60. The Kier molecular flexibility index (Phi) is 5.76. The van der Waals surface area contributed by atoms with Crippen molar-refractivity contribution in [3.8, 4) is 0 Å². The first-order valence-electron chi connectivity index (χ1n) is 8.53. The van der Waals surface area contributed by atoms with E-state index in [2.05, 4.69) is 15.6 Å². The van der Waals surface area contributed by atoms with Crippen molar-refractivity contribution >= 4 is 15.8 Å². The van der Waals surface area contributed by atoms with Crippen molar-refractivity contribution in [1.82, 2.24) is 10.6 Å². The van der Waals surface area contributed by atoms with Crippen LogP contribution in [0.25, 0.3) is 0 Å². The molecule has 0 heterocycles.